The van der Waals surface area contributed by atoms with E-state index < -0.39 is 17.7 Å². The molecule has 2 rings (SSSR count). The number of methoxy groups -OCH3 is 2. The van der Waals surface area contributed by atoms with E-state index in [0.29, 0.717) is 22.6 Å². The Morgan fingerprint density at radius 1 is 1.05 bits per heavy atom. The van der Waals surface area contributed by atoms with Crippen LogP contribution in [0.1, 0.15) is 17.2 Å². The first-order valence-corrected chi connectivity index (χ1v) is 6.89. The van der Waals surface area contributed by atoms with Gasteiger partial charge in [-0.15, -0.1) is 0 Å². The third-order valence-corrected chi connectivity index (χ3v) is 3.98. The van der Waals surface area contributed by atoms with Crippen LogP contribution in [0.4, 0.5) is 8.78 Å². The lowest BCUT2D eigenvalue weighted by Crippen LogP contribution is -2.14. The summed E-state index contributed by atoms with van der Waals surface area (Å²) in [4.78, 5) is 0. The molecule has 3 nitrogen and oxygen atoms in total. The molecule has 0 amide bonds. The van der Waals surface area contributed by atoms with E-state index in [1.54, 1.807) is 25.3 Å². The van der Waals surface area contributed by atoms with Crippen LogP contribution in [0.5, 0.6) is 11.5 Å². The Kier molecular flexibility index (Phi) is 4.80. The van der Waals surface area contributed by atoms with E-state index >= 15 is 0 Å². The molecule has 21 heavy (non-hydrogen) atoms. The minimum absolute atomic E-state index is 0.00729. The van der Waals surface area contributed by atoms with Gasteiger partial charge in [0.05, 0.1) is 24.7 Å². The first kappa shape index (κ1) is 15.7. The first-order valence-electron chi connectivity index (χ1n) is 6.10. The Morgan fingerprint density at radius 2 is 1.71 bits per heavy atom. The van der Waals surface area contributed by atoms with Gasteiger partial charge in [0.15, 0.2) is 11.6 Å². The number of benzene rings is 2. The first-order chi connectivity index (χ1) is 9.99. The van der Waals surface area contributed by atoms with Gasteiger partial charge in [-0.3, -0.25) is 0 Å². The fourth-order valence-corrected chi connectivity index (χ4v) is 2.59. The summed E-state index contributed by atoms with van der Waals surface area (Å²) in [6.07, 6.45) is 0. The van der Waals surface area contributed by atoms with E-state index in [1.807, 2.05) is 0 Å². The Bertz CT molecular complexity index is 664. The summed E-state index contributed by atoms with van der Waals surface area (Å²) in [6.45, 7) is 0. The normalized spacial score (nSPS) is 12.1. The van der Waals surface area contributed by atoms with Crippen molar-refractivity contribution in [3.05, 3.63) is 57.6 Å². The lowest BCUT2D eigenvalue weighted by molar-refractivity contribution is 0.389. The standard InChI is InChI=1S/C15H14BrF2NO2/c1-20-8-3-4-9(12(7-8)21-2)15(19)10-5-6-11(17)14(18)13(10)16/h3-7,15H,19H2,1-2H3. The molecule has 1 atom stereocenters. The molecule has 0 radical (unpaired) electrons. The Morgan fingerprint density at radius 3 is 2.33 bits per heavy atom. The summed E-state index contributed by atoms with van der Waals surface area (Å²) in [6, 6.07) is 6.96. The van der Waals surface area contributed by atoms with Gasteiger partial charge in [-0.2, -0.15) is 0 Å². The molecule has 6 heteroatoms. The molecule has 0 fully saturated rings. The second-order valence-electron chi connectivity index (χ2n) is 4.35. The highest BCUT2D eigenvalue weighted by Gasteiger charge is 2.20. The van der Waals surface area contributed by atoms with Crippen molar-refractivity contribution in [2.45, 2.75) is 6.04 Å². The van der Waals surface area contributed by atoms with E-state index in [2.05, 4.69) is 15.9 Å². The molecular weight excluding hydrogens is 344 g/mol. The summed E-state index contributed by atoms with van der Waals surface area (Å²) in [7, 11) is 3.05. The van der Waals surface area contributed by atoms with E-state index in [9.17, 15) is 8.78 Å². The lowest BCUT2D eigenvalue weighted by Gasteiger charge is -2.18. The van der Waals surface area contributed by atoms with Gasteiger partial charge in [0, 0.05) is 11.6 Å². The summed E-state index contributed by atoms with van der Waals surface area (Å²) in [5, 5.41) is 0. The predicted octanol–water partition coefficient (Wildman–Crippen LogP) is 3.79. The van der Waals surface area contributed by atoms with Crippen molar-refractivity contribution in [2.24, 2.45) is 5.73 Å². The fourth-order valence-electron chi connectivity index (χ4n) is 2.02. The maximum absolute atomic E-state index is 13.6. The molecule has 0 aliphatic heterocycles. The minimum Gasteiger partial charge on any atom is -0.497 e. The minimum atomic E-state index is -0.963. The van der Waals surface area contributed by atoms with Crippen molar-refractivity contribution >= 4 is 15.9 Å². The second-order valence-corrected chi connectivity index (χ2v) is 5.14. The van der Waals surface area contributed by atoms with Gasteiger partial charge in [-0.25, -0.2) is 8.78 Å². The van der Waals surface area contributed by atoms with Crippen LogP contribution in [-0.2, 0) is 0 Å². The van der Waals surface area contributed by atoms with Crippen LogP contribution in [0.15, 0.2) is 34.8 Å². The Labute approximate surface area is 129 Å². The molecular formula is C15H14BrF2NO2. The van der Waals surface area contributed by atoms with Crippen molar-refractivity contribution < 1.29 is 18.3 Å². The Hall–Kier alpha value is -1.66. The second kappa shape index (κ2) is 6.41. The van der Waals surface area contributed by atoms with E-state index in [1.165, 1.54) is 13.2 Å². The number of nitrogens with two attached hydrogens (primary N) is 1. The van der Waals surface area contributed by atoms with Gasteiger partial charge in [0.2, 0.25) is 0 Å². The summed E-state index contributed by atoms with van der Waals surface area (Å²) in [5.74, 6) is -0.763. The molecule has 0 aromatic heterocycles. The van der Waals surface area contributed by atoms with Gasteiger partial charge >= 0.3 is 0 Å². The van der Waals surface area contributed by atoms with Crippen LogP contribution in [0.2, 0.25) is 0 Å². The zero-order chi connectivity index (χ0) is 15.6. The van der Waals surface area contributed by atoms with Crippen molar-refractivity contribution in [2.75, 3.05) is 14.2 Å². The van der Waals surface area contributed by atoms with Crippen LogP contribution < -0.4 is 15.2 Å². The van der Waals surface area contributed by atoms with E-state index in [4.69, 9.17) is 15.2 Å². The fraction of sp³-hybridized carbons (Fsp3) is 0.200. The van der Waals surface area contributed by atoms with E-state index in [-0.39, 0.29) is 4.47 Å². The van der Waals surface area contributed by atoms with E-state index in [0.717, 1.165) is 6.07 Å². The van der Waals surface area contributed by atoms with Gasteiger partial charge < -0.3 is 15.2 Å². The molecule has 0 heterocycles. The molecule has 0 saturated heterocycles. The van der Waals surface area contributed by atoms with Gasteiger partial charge in [0.1, 0.15) is 11.5 Å². The Balaban J connectivity index is 2.49. The molecule has 1 unspecified atom stereocenters. The highest BCUT2D eigenvalue weighted by atomic mass is 79.9. The molecule has 112 valence electrons. The topological polar surface area (TPSA) is 44.5 Å². The number of halogens is 3. The SMILES string of the molecule is COc1ccc(C(N)c2ccc(F)c(F)c2Br)c(OC)c1. The summed E-state index contributed by atoms with van der Waals surface area (Å²) < 4.78 is 37.2. The zero-order valence-electron chi connectivity index (χ0n) is 11.5. The largest absolute Gasteiger partial charge is 0.497 e. The van der Waals surface area contributed by atoms with Crippen molar-refractivity contribution in [1.29, 1.82) is 0 Å². The molecule has 0 aliphatic carbocycles. The van der Waals surface area contributed by atoms with Gasteiger partial charge in [-0.1, -0.05) is 6.07 Å². The monoisotopic (exact) mass is 357 g/mol. The van der Waals surface area contributed by atoms with Crippen LogP contribution in [0, 0.1) is 11.6 Å². The van der Waals surface area contributed by atoms with Crippen LogP contribution in [-0.4, -0.2) is 14.2 Å². The maximum atomic E-state index is 13.6. The number of hydrogen-bond acceptors (Lipinski definition) is 3. The van der Waals surface area contributed by atoms with Crippen LogP contribution in [0.3, 0.4) is 0 Å². The maximum Gasteiger partial charge on any atom is 0.173 e. The molecule has 0 bridgehead atoms. The highest BCUT2D eigenvalue weighted by Crippen LogP contribution is 2.35. The third kappa shape index (κ3) is 3.01. The number of rotatable bonds is 4. The molecule has 0 saturated carbocycles. The van der Waals surface area contributed by atoms with Gasteiger partial charge in [0.25, 0.3) is 0 Å². The average molecular weight is 358 g/mol. The van der Waals surface area contributed by atoms with Gasteiger partial charge in [-0.05, 0) is 39.7 Å². The number of hydrogen-bond donors (Lipinski definition) is 1. The summed E-state index contributed by atoms with van der Waals surface area (Å²) in [5.41, 5.74) is 7.24. The molecule has 0 spiro atoms. The quantitative estimate of drug-likeness (QED) is 0.846. The van der Waals surface area contributed by atoms with Crippen molar-refractivity contribution in [3.63, 3.8) is 0 Å². The van der Waals surface area contributed by atoms with Crippen molar-refractivity contribution in [1.82, 2.24) is 0 Å². The zero-order valence-corrected chi connectivity index (χ0v) is 13.1. The lowest BCUT2D eigenvalue weighted by atomic mass is 9.98. The van der Waals surface area contributed by atoms with Crippen LogP contribution in [0.25, 0.3) is 0 Å². The molecule has 2 aromatic rings. The van der Waals surface area contributed by atoms with Crippen molar-refractivity contribution in [3.8, 4) is 11.5 Å². The molecule has 2 aromatic carbocycles. The molecule has 0 aliphatic rings. The number of ether oxygens (including phenoxy) is 2. The molecule has 2 N–H and O–H groups in total. The smallest absolute Gasteiger partial charge is 0.173 e. The third-order valence-electron chi connectivity index (χ3n) is 3.18. The average Bonchev–Trinajstić information content (AvgIpc) is 2.51. The summed E-state index contributed by atoms with van der Waals surface area (Å²) >= 11 is 3.04. The highest BCUT2D eigenvalue weighted by molar-refractivity contribution is 9.10. The predicted molar refractivity (Wildman–Crippen MR) is 79.6 cm³/mol. The van der Waals surface area contributed by atoms with Crippen LogP contribution >= 0.6 is 15.9 Å².